The smallest absolute Gasteiger partial charge is 0.140 e. The summed E-state index contributed by atoms with van der Waals surface area (Å²) in [4.78, 5) is 13.3. The van der Waals surface area contributed by atoms with Crippen molar-refractivity contribution in [3.8, 4) is 0 Å². The molecule has 0 unspecified atom stereocenters. The van der Waals surface area contributed by atoms with Crippen LogP contribution in [0.25, 0.3) is 0 Å². The van der Waals surface area contributed by atoms with Gasteiger partial charge in [0.15, 0.2) is 0 Å². The monoisotopic (exact) mass is 392 g/mol. The van der Waals surface area contributed by atoms with Gasteiger partial charge in [-0.05, 0) is 92.9 Å². The average molecular weight is 393 g/mol. The number of benzene rings is 1. The Bertz CT molecular complexity index is 807. The Hall–Kier alpha value is -1.41. The van der Waals surface area contributed by atoms with Crippen LogP contribution in [0.4, 0.5) is 0 Å². The molecule has 156 valence electrons. The number of carbonyl (C=O) groups is 1. The molecule has 2 nitrogen and oxygen atoms in total. The van der Waals surface area contributed by atoms with E-state index in [2.05, 4.69) is 25.1 Å². The Morgan fingerprint density at radius 3 is 2.62 bits per heavy atom. The quantitative estimate of drug-likeness (QED) is 0.666. The second-order valence-corrected chi connectivity index (χ2v) is 11.1. The molecule has 0 amide bonds. The number of Topliss-reactive ketones (excluding diaryl/α,β-unsaturated/α-hetero) is 1. The van der Waals surface area contributed by atoms with Crippen molar-refractivity contribution in [2.24, 2.45) is 35.0 Å². The van der Waals surface area contributed by atoms with Crippen LogP contribution in [0.15, 0.2) is 42.0 Å². The molecule has 0 heterocycles. The van der Waals surface area contributed by atoms with E-state index in [0.717, 1.165) is 43.1 Å². The van der Waals surface area contributed by atoms with Crippen LogP contribution in [0.1, 0.15) is 70.8 Å². The van der Waals surface area contributed by atoms with Crippen LogP contribution in [0, 0.1) is 35.0 Å². The first-order valence-corrected chi connectivity index (χ1v) is 11.9. The molecule has 0 saturated heterocycles. The average Bonchev–Trinajstić information content (AvgIpc) is 3.05. The fraction of sp³-hybridized carbons (Fsp3) is 0.667. The van der Waals surface area contributed by atoms with E-state index in [0.29, 0.717) is 24.0 Å². The molecule has 7 atom stereocenters. The molecule has 0 aromatic heterocycles. The maximum atomic E-state index is 13.3. The van der Waals surface area contributed by atoms with Crippen LogP contribution < -0.4 is 0 Å². The topological polar surface area (TPSA) is 37.3 Å². The molecular weight excluding hydrogens is 356 g/mol. The SMILES string of the molecule is C[C@@]1(O)CC[C@H]2C(=CC[C@@H]3[C@@H]2CC[C@]2(C)[C@@H](C(=O)Cc4ccccc4)CC[C@@H]32)C1. The van der Waals surface area contributed by atoms with Crippen molar-refractivity contribution < 1.29 is 9.90 Å². The Labute approximate surface area is 175 Å². The second-order valence-electron chi connectivity index (χ2n) is 11.1. The summed E-state index contributed by atoms with van der Waals surface area (Å²) in [5.41, 5.74) is 2.40. The molecule has 1 aromatic carbocycles. The number of hydrogen-bond donors (Lipinski definition) is 1. The van der Waals surface area contributed by atoms with E-state index in [4.69, 9.17) is 0 Å². The number of hydrogen-bond acceptors (Lipinski definition) is 2. The zero-order chi connectivity index (χ0) is 20.2. The van der Waals surface area contributed by atoms with E-state index in [1.165, 1.54) is 25.7 Å². The summed E-state index contributed by atoms with van der Waals surface area (Å²) in [5.74, 6) is 3.64. The van der Waals surface area contributed by atoms with Crippen molar-refractivity contribution >= 4 is 5.78 Å². The minimum absolute atomic E-state index is 0.193. The second kappa shape index (κ2) is 7.08. The lowest BCUT2D eigenvalue weighted by molar-refractivity contribution is -0.128. The van der Waals surface area contributed by atoms with Gasteiger partial charge in [-0.25, -0.2) is 0 Å². The minimum atomic E-state index is -0.499. The largest absolute Gasteiger partial charge is 0.390 e. The molecule has 1 N–H and O–H groups in total. The molecule has 0 bridgehead atoms. The van der Waals surface area contributed by atoms with Gasteiger partial charge in [0.25, 0.3) is 0 Å². The van der Waals surface area contributed by atoms with Crippen LogP contribution in [0.5, 0.6) is 0 Å². The number of carbonyl (C=O) groups excluding carboxylic acids is 1. The van der Waals surface area contributed by atoms with E-state index in [1.807, 2.05) is 25.1 Å². The molecule has 3 fully saturated rings. The summed E-state index contributed by atoms with van der Waals surface area (Å²) < 4.78 is 0. The lowest BCUT2D eigenvalue weighted by Gasteiger charge is -2.54. The van der Waals surface area contributed by atoms with E-state index >= 15 is 0 Å². The summed E-state index contributed by atoms with van der Waals surface area (Å²) in [6, 6.07) is 10.3. The van der Waals surface area contributed by atoms with Gasteiger partial charge in [0.1, 0.15) is 5.78 Å². The van der Waals surface area contributed by atoms with E-state index in [9.17, 15) is 9.90 Å². The first-order valence-electron chi connectivity index (χ1n) is 11.9. The summed E-state index contributed by atoms with van der Waals surface area (Å²) in [5, 5.41) is 10.5. The number of aliphatic hydroxyl groups is 1. The van der Waals surface area contributed by atoms with Crippen molar-refractivity contribution in [1.29, 1.82) is 0 Å². The molecule has 2 heteroatoms. The predicted octanol–water partition coefficient (Wildman–Crippen LogP) is 5.74. The fourth-order valence-corrected chi connectivity index (χ4v) is 7.92. The van der Waals surface area contributed by atoms with Crippen LogP contribution in [0.3, 0.4) is 0 Å². The molecule has 3 saturated carbocycles. The summed E-state index contributed by atoms with van der Waals surface area (Å²) >= 11 is 0. The van der Waals surface area contributed by atoms with Gasteiger partial charge in [-0.3, -0.25) is 4.79 Å². The Kier molecular flexibility index (Phi) is 4.77. The number of fused-ring (bicyclic) bond motifs is 5. The lowest BCUT2D eigenvalue weighted by atomic mass is 9.51. The molecule has 29 heavy (non-hydrogen) atoms. The zero-order valence-corrected chi connectivity index (χ0v) is 18.1. The predicted molar refractivity (Wildman–Crippen MR) is 116 cm³/mol. The molecule has 0 radical (unpaired) electrons. The molecule has 0 spiro atoms. The maximum absolute atomic E-state index is 13.3. The summed E-state index contributed by atoms with van der Waals surface area (Å²) in [6.45, 7) is 4.45. The molecule has 1 aromatic rings. The fourth-order valence-electron chi connectivity index (χ4n) is 7.92. The molecule has 4 aliphatic rings. The third-order valence-electron chi connectivity index (χ3n) is 9.33. The standard InChI is InChI=1S/C27H36O2/c1-26(29)14-12-20-19(17-26)8-9-22-21(20)13-15-27(2)23(22)10-11-24(27)25(28)16-18-6-4-3-5-7-18/h3-8,20-24,29H,9-17H2,1-2H3/t20-,21+,22+,23-,24+,26+,27-/m0/s1. The van der Waals surface area contributed by atoms with Gasteiger partial charge in [0, 0.05) is 12.3 Å². The number of rotatable bonds is 3. The van der Waals surface area contributed by atoms with Crippen molar-refractivity contribution in [1.82, 2.24) is 0 Å². The first kappa shape index (κ1) is 19.5. The highest BCUT2D eigenvalue weighted by Crippen LogP contribution is 2.63. The van der Waals surface area contributed by atoms with Crippen LogP contribution >= 0.6 is 0 Å². The van der Waals surface area contributed by atoms with Gasteiger partial charge in [0.2, 0.25) is 0 Å². The van der Waals surface area contributed by atoms with Gasteiger partial charge in [-0.2, -0.15) is 0 Å². The third kappa shape index (κ3) is 3.32. The highest BCUT2D eigenvalue weighted by Gasteiger charge is 2.57. The molecule has 0 aliphatic heterocycles. The highest BCUT2D eigenvalue weighted by atomic mass is 16.3. The minimum Gasteiger partial charge on any atom is -0.390 e. The third-order valence-corrected chi connectivity index (χ3v) is 9.33. The Morgan fingerprint density at radius 2 is 1.83 bits per heavy atom. The number of ketones is 1. The molecule has 5 rings (SSSR count). The summed E-state index contributed by atoms with van der Waals surface area (Å²) in [6.07, 6.45) is 12.0. The lowest BCUT2D eigenvalue weighted by Crippen LogP contribution is -2.48. The van der Waals surface area contributed by atoms with E-state index in [1.54, 1.807) is 5.57 Å². The van der Waals surface area contributed by atoms with Crippen molar-refractivity contribution in [2.75, 3.05) is 0 Å². The Balaban J connectivity index is 1.34. The van der Waals surface area contributed by atoms with Crippen molar-refractivity contribution in [3.63, 3.8) is 0 Å². The first-order chi connectivity index (χ1) is 13.9. The zero-order valence-electron chi connectivity index (χ0n) is 18.1. The van der Waals surface area contributed by atoms with Crippen molar-refractivity contribution in [3.05, 3.63) is 47.5 Å². The maximum Gasteiger partial charge on any atom is 0.140 e. The summed E-state index contributed by atoms with van der Waals surface area (Å²) in [7, 11) is 0. The highest BCUT2D eigenvalue weighted by molar-refractivity contribution is 5.84. The molecule has 4 aliphatic carbocycles. The normalized spacial score (nSPS) is 43.7. The van der Waals surface area contributed by atoms with Gasteiger partial charge in [-0.15, -0.1) is 0 Å². The number of allylic oxidation sites excluding steroid dienone is 1. The Morgan fingerprint density at radius 1 is 1.03 bits per heavy atom. The van der Waals surface area contributed by atoms with Gasteiger partial charge in [0.05, 0.1) is 5.60 Å². The van der Waals surface area contributed by atoms with Crippen LogP contribution in [0.2, 0.25) is 0 Å². The van der Waals surface area contributed by atoms with Crippen LogP contribution in [-0.4, -0.2) is 16.5 Å². The van der Waals surface area contributed by atoms with E-state index in [-0.39, 0.29) is 11.3 Å². The van der Waals surface area contributed by atoms with E-state index < -0.39 is 5.60 Å². The van der Waals surface area contributed by atoms with Crippen molar-refractivity contribution in [2.45, 2.75) is 77.2 Å². The molecular formula is C27H36O2. The van der Waals surface area contributed by atoms with Gasteiger partial charge < -0.3 is 5.11 Å². The van der Waals surface area contributed by atoms with Gasteiger partial charge >= 0.3 is 0 Å². The van der Waals surface area contributed by atoms with Gasteiger partial charge in [-0.1, -0.05) is 48.9 Å². The van der Waals surface area contributed by atoms with Crippen LogP contribution in [-0.2, 0) is 11.2 Å².